The number of rotatable bonds is 4. The van der Waals surface area contributed by atoms with Crippen molar-refractivity contribution in [3.05, 3.63) is 79.5 Å². The monoisotopic (exact) mass is 328 g/mol. The minimum atomic E-state index is 0.529. The molecule has 2 aromatic heterocycles. The molecule has 25 heavy (non-hydrogen) atoms. The van der Waals surface area contributed by atoms with Crippen LogP contribution in [0.2, 0.25) is 0 Å². The molecule has 3 N–H and O–H groups in total. The zero-order chi connectivity index (χ0) is 17.1. The van der Waals surface area contributed by atoms with E-state index in [4.69, 9.17) is 5.73 Å². The van der Waals surface area contributed by atoms with Gasteiger partial charge in [-0.1, -0.05) is 18.2 Å². The quantitative estimate of drug-likeness (QED) is 0.559. The number of hydrogen-bond acceptors (Lipinski definition) is 5. The summed E-state index contributed by atoms with van der Waals surface area (Å²) in [6, 6.07) is 17.5. The molecule has 0 saturated carbocycles. The van der Waals surface area contributed by atoms with Gasteiger partial charge in [0.2, 0.25) is 5.95 Å². The lowest BCUT2D eigenvalue weighted by atomic mass is 10.1. The molecular formula is C19H16N6. The lowest BCUT2D eigenvalue weighted by molar-refractivity contribution is 1.06. The molecule has 0 aliphatic heterocycles. The van der Waals surface area contributed by atoms with E-state index in [1.807, 2.05) is 65.4 Å². The maximum atomic E-state index is 5.80. The topological polar surface area (TPSA) is 81.6 Å². The Balaban J connectivity index is 1.58. The van der Waals surface area contributed by atoms with Gasteiger partial charge in [-0.25, -0.2) is 15.0 Å². The molecular weight excluding hydrogens is 312 g/mol. The van der Waals surface area contributed by atoms with Crippen LogP contribution in [0.25, 0.3) is 16.9 Å². The average molecular weight is 328 g/mol. The number of benzene rings is 2. The maximum absolute atomic E-state index is 5.80. The summed E-state index contributed by atoms with van der Waals surface area (Å²) < 4.78 is 1.95. The van der Waals surface area contributed by atoms with Crippen molar-refractivity contribution in [1.29, 1.82) is 0 Å². The van der Waals surface area contributed by atoms with Crippen molar-refractivity contribution >= 4 is 17.3 Å². The molecule has 0 amide bonds. The minimum Gasteiger partial charge on any atom is -0.399 e. The van der Waals surface area contributed by atoms with Gasteiger partial charge in [-0.2, -0.15) is 0 Å². The zero-order valence-electron chi connectivity index (χ0n) is 13.4. The molecule has 0 saturated heterocycles. The van der Waals surface area contributed by atoms with Gasteiger partial charge in [-0.05, 0) is 36.4 Å². The van der Waals surface area contributed by atoms with Crippen LogP contribution in [0.5, 0.6) is 0 Å². The number of anilines is 3. The summed E-state index contributed by atoms with van der Waals surface area (Å²) in [5, 5.41) is 3.17. The second-order valence-corrected chi connectivity index (χ2v) is 5.53. The highest BCUT2D eigenvalue weighted by Gasteiger charge is 2.04. The van der Waals surface area contributed by atoms with E-state index < -0.39 is 0 Å². The van der Waals surface area contributed by atoms with Crippen LogP contribution in [0.1, 0.15) is 0 Å². The van der Waals surface area contributed by atoms with Crippen molar-refractivity contribution in [2.45, 2.75) is 0 Å². The fourth-order valence-electron chi connectivity index (χ4n) is 2.54. The van der Waals surface area contributed by atoms with Gasteiger partial charge in [0.15, 0.2) is 0 Å². The van der Waals surface area contributed by atoms with Gasteiger partial charge in [0.05, 0.1) is 12.0 Å². The molecule has 0 atom stereocenters. The van der Waals surface area contributed by atoms with Crippen molar-refractivity contribution in [3.8, 4) is 16.9 Å². The highest BCUT2D eigenvalue weighted by molar-refractivity contribution is 5.64. The summed E-state index contributed by atoms with van der Waals surface area (Å²) in [6.45, 7) is 0. The van der Waals surface area contributed by atoms with Gasteiger partial charge < -0.3 is 15.6 Å². The number of aromatic nitrogens is 4. The number of nitrogens with two attached hydrogens (primary N) is 1. The van der Waals surface area contributed by atoms with Gasteiger partial charge in [0.1, 0.15) is 0 Å². The molecule has 2 heterocycles. The lowest BCUT2D eigenvalue weighted by Gasteiger charge is -2.08. The third-order valence-corrected chi connectivity index (χ3v) is 3.76. The summed E-state index contributed by atoms with van der Waals surface area (Å²) >= 11 is 0. The van der Waals surface area contributed by atoms with Crippen molar-refractivity contribution in [3.63, 3.8) is 0 Å². The maximum Gasteiger partial charge on any atom is 0.227 e. The summed E-state index contributed by atoms with van der Waals surface area (Å²) in [7, 11) is 0. The molecule has 0 aliphatic carbocycles. The van der Waals surface area contributed by atoms with E-state index >= 15 is 0 Å². The van der Waals surface area contributed by atoms with E-state index in [1.54, 1.807) is 18.7 Å². The summed E-state index contributed by atoms with van der Waals surface area (Å²) in [5.74, 6) is 0.529. The van der Waals surface area contributed by atoms with Crippen molar-refractivity contribution in [1.82, 2.24) is 19.5 Å². The van der Waals surface area contributed by atoms with E-state index in [2.05, 4.69) is 20.3 Å². The van der Waals surface area contributed by atoms with Crippen LogP contribution < -0.4 is 11.1 Å². The smallest absolute Gasteiger partial charge is 0.227 e. The predicted molar refractivity (Wildman–Crippen MR) is 98.7 cm³/mol. The Hall–Kier alpha value is -3.67. The van der Waals surface area contributed by atoms with Gasteiger partial charge in [-0.3, -0.25) is 0 Å². The molecule has 4 rings (SSSR count). The van der Waals surface area contributed by atoms with Crippen LogP contribution >= 0.6 is 0 Å². The first-order valence-electron chi connectivity index (χ1n) is 7.82. The van der Waals surface area contributed by atoms with Crippen LogP contribution in [-0.2, 0) is 0 Å². The zero-order valence-corrected chi connectivity index (χ0v) is 13.4. The molecule has 6 nitrogen and oxygen atoms in total. The van der Waals surface area contributed by atoms with Crippen LogP contribution in [-0.4, -0.2) is 19.5 Å². The molecule has 0 aliphatic rings. The fraction of sp³-hybridized carbons (Fsp3) is 0. The van der Waals surface area contributed by atoms with Gasteiger partial charge in [0.25, 0.3) is 0 Å². The molecule has 0 bridgehead atoms. The second kappa shape index (κ2) is 6.45. The molecule has 4 aromatic rings. The number of nitrogens with zero attached hydrogens (tertiary/aromatic N) is 4. The number of nitrogens with one attached hydrogen (secondary N) is 1. The molecule has 0 fully saturated rings. The first-order chi connectivity index (χ1) is 12.3. The number of imidazole rings is 1. The van der Waals surface area contributed by atoms with E-state index in [0.29, 0.717) is 11.6 Å². The predicted octanol–water partition coefficient (Wildman–Crippen LogP) is 3.66. The molecule has 2 aromatic carbocycles. The SMILES string of the molecule is Nc1cccc(Nc2nccc(-c3ccc(-n4ccnc4)cc3)n2)c1. The van der Waals surface area contributed by atoms with Crippen LogP contribution in [0.3, 0.4) is 0 Å². The van der Waals surface area contributed by atoms with Gasteiger partial charge in [0, 0.05) is 41.2 Å². The lowest BCUT2D eigenvalue weighted by Crippen LogP contribution is -1.98. The van der Waals surface area contributed by atoms with E-state index in [0.717, 1.165) is 22.6 Å². The van der Waals surface area contributed by atoms with E-state index in [9.17, 15) is 0 Å². The summed E-state index contributed by atoms with van der Waals surface area (Å²) in [5.41, 5.74) is 10.3. The second-order valence-electron chi connectivity index (χ2n) is 5.53. The van der Waals surface area contributed by atoms with Crippen molar-refractivity contribution < 1.29 is 0 Å². The Labute approximate surface area is 145 Å². The Bertz CT molecular complexity index is 977. The highest BCUT2D eigenvalue weighted by atomic mass is 15.1. The highest BCUT2D eigenvalue weighted by Crippen LogP contribution is 2.21. The standard InChI is InChI=1S/C19H16N6/c20-15-2-1-3-16(12-15)23-19-22-9-8-18(24-19)14-4-6-17(7-5-14)25-11-10-21-13-25/h1-13H,20H2,(H,22,23,24). The Morgan fingerprint density at radius 2 is 1.84 bits per heavy atom. The van der Waals surface area contributed by atoms with Crippen LogP contribution in [0.15, 0.2) is 79.5 Å². The van der Waals surface area contributed by atoms with E-state index in [-0.39, 0.29) is 0 Å². The van der Waals surface area contributed by atoms with Crippen LogP contribution in [0.4, 0.5) is 17.3 Å². The average Bonchev–Trinajstić information content (AvgIpc) is 3.17. The fourth-order valence-corrected chi connectivity index (χ4v) is 2.54. The Kier molecular flexibility index (Phi) is 3.84. The van der Waals surface area contributed by atoms with Gasteiger partial charge in [-0.15, -0.1) is 0 Å². The largest absolute Gasteiger partial charge is 0.399 e. The minimum absolute atomic E-state index is 0.529. The number of nitrogen functional groups attached to an aromatic ring is 1. The number of hydrogen-bond donors (Lipinski definition) is 2. The first-order valence-corrected chi connectivity index (χ1v) is 7.82. The molecule has 0 spiro atoms. The van der Waals surface area contributed by atoms with Gasteiger partial charge >= 0.3 is 0 Å². The molecule has 0 radical (unpaired) electrons. The summed E-state index contributed by atoms with van der Waals surface area (Å²) in [4.78, 5) is 12.9. The van der Waals surface area contributed by atoms with Crippen molar-refractivity contribution in [2.24, 2.45) is 0 Å². The summed E-state index contributed by atoms with van der Waals surface area (Å²) in [6.07, 6.45) is 7.17. The normalized spacial score (nSPS) is 10.6. The van der Waals surface area contributed by atoms with Crippen LogP contribution in [0, 0.1) is 0 Å². The Morgan fingerprint density at radius 1 is 0.960 bits per heavy atom. The third kappa shape index (κ3) is 3.32. The molecule has 122 valence electrons. The Morgan fingerprint density at radius 3 is 2.60 bits per heavy atom. The first kappa shape index (κ1) is 14.9. The molecule has 0 unspecified atom stereocenters. The third-order valence-electron chi connectivity index (χ3n) is 3.76. The molecule has 6 heteroatoms. The van der Waals surface area contributed by atoms with E-state index in [1.165, 1.54) is 0 Å². The van der Waals surface area contributed by atoms with Crippen molar-refractivity contribution in [2.75, 3.05) is 11.1 Å².